The van der Waals surface area contributed by atoms with E-state index in [-0.39, 0.29) is 11.3 Å². The highest BCUT2D eigenvalue weighted by Gasteiger charge is 2.34. The van der Waals surface area contributed by atoms with Crippen LogP contribution < -0.4 is 0 Å². The first-order chi connectivity index (χ1) is 12.9. The Bertz CT molecular complexity index is 950. The number of amides is 1. The molecule has 0 aliphatic carbocycles. The van der Waals surface area contributed by atoms with Crippen LogP contribution in [0, 0.1) is 0 Å². The number of nitrogens with one attached hydrogen (secondary N) is 1. The molecule has 2 aromatic heterocycles. The standard InChI is InChI=1S/C21H26N4OS/c1-21(20-23-13-18(27-20)19(26)24(2)3)7-10-25(11-8-21)14-15-4-5-16-6-9-22-17(16)12-15/h4-6,9,12-13,22H,7-8,10-11,14H2,1-3H3. The smallest absolute Gasteiger partial charge is 0.265 e. The second kappa shape index (κ2) is 7.09. The van der Waals surface area contributed by atoms with Crippen molar-refractivity contribution >= 4 is 28.1 Å². The van der Waals surface area contributed by atoms with Gasteiger partial charge in [0.2, 0.25) is 0 Å². The molecule has 1 N–H and O–H groups in total. The number of H-pyrrole nitrogens is 1. The van der Waals surface area contributed by atoms with Gasteiger partial charge in [0.05, 0.1) is 11.2 Å². The van der Waals surface area contributed by atoms with Crippen LogP contribution in [0.4, 0.5) is 0 Å². The van der Waals surface area contributed by atoms with Crippen molar-refractivity contribution in [2.24, 2.45) is 0 Å². The number of rotatable bonds is 4. The number of aromatic nitrogens is 2. The number of piperidine rings is 1. The Morgan fingerprint density at radius 1 is 1.30 bits per heavy atom. The number of likely N-dealkylation sites (tertiary alicyclic amines) is 1. The number of hydrogen-bond donors (Lipinski definition) is 1. The van der Waals surface area contributed by atoms with Crippen LogP contribution >= 0.6 is 11.3 Å². The molecule has 3 aromatic rings. The van der Waals surface area contributed by atoms with Crippen LogP contribution in [0.5, 0.6) is 0 Å². The third-order valence-electron chi connectivity index (χ3n) is 5.62. The van der Waals surface area contributed by atoms with Crippen molar-refractivity contribution in [3.63, 3.8) is 0 Å². The highest BCUT2D eigenvalue weighted by atomic mass is 32.1. The van der Waals surface area contributed by atoms with E-state index < -0.39 is 0 Å². The summed E-state index contributed by atoms with van der Waals surface area (Å²) in [5.41, 5.74) is 2.62. The number of carbonyl (C=O) groups excluding carboxylic acids is 1. The molecule has 142 valence electrons. The monoisotopic (exact) mass is 382 g/mol. The summed E-state index contributed by atoms with van der Waals surface area (Å²) in [7, 11) is 3.57. The first-order valence-electron chi connectivity index (χ1n) is 9.41. The fourth-order valence-electron chi connectivity index (χ4n) is 3.74. The van der Waals surface area contributed by atoms with E-state index in [1.807, 2.05) is 6.20 Å². The molecular weight excluding hydrogens is 356 g/mol. The summed E-state index contributed by atoms with van der Waals surface area (Å²) >= 11 is 1.56. The molecule has 1 aromatic carbocycles. The summed E-state index contributed by atoms with van der Waals surface area (Å²) in [6.07, 6.45) is 5.87. The van der Waals surface area contributed by atoms with Crippen LogP contribution in [0.2, 0.25) is 0 Å². The molecule has 1 amide bonds. The molecule has 1 saturated heterocycles. The molecule has 1 fully saturated rings. The minimum atomic E-state index is 0.0412. The van der Waals surface area contributed by atoms with Gasteiger partial charge in [-0.2, -0.15) is 0 Å². The molecule has 0 saturated carbocycles. The van der Waals surface area contributed by atoms with Crippen LogP contribution in [-0.2, 0) is 12.0 Å². The number of fused-ring (bicyclic) bond motifs is 1. The van der Waals surface area contributed by atoms with E-state index in [4.69, 9.17) is 0 Å². The van der Waals surface area contributed by atoms with Crippen molar-refractivity contribution in [2.75, 3.05) is 27.2 Å². The average Bonchev–Trinajstić information content (AvgIpc) is 3.32. The number of benzene rings is 1. The Kier molecular flexibility index (Phi) is 4.78. The molecule has 1 aliphatic rings. The lowest BCUT2D eigenvalue weighted by molar-refractivity contribution is 0.0832. The number of nitrogens with zero attached hydrogens (tertiary/aromatic N) is 3. The molecule has 0 atom stereocenters. The van der Waals surface area contributed by atoms with Gasteiger partial charge in [-0.05, 0) is 49.0 Å². The molecule has 6 heteroatoms. The molecule has 27 heavy (non-hydrogen) atoms. The van der Waals surface area contributed by atoms with Crippen LogP contribution in [0.3, 0.4) is 0 Å². The van der Waals surface area contributed by atoms with Crippen molar-refractivity contribution in [1.29, 1.82) is 0 Å². The number of aromatic amines is 1. The van der Waals surface area contributed by atoms with Gasteiger partial charge in [0.25, 0.3) is 5.91 Å². The van der Waals surface area contributed by atoms with Gasteiger partial charge in [-0.3, -0.25) is 9.69 Å². The zero-order valence-corrected chi connectivity index (χ0v) is 17.0. The normalized spacial score (nSPS) is 17.3. The Labute approximate surface area is 164 Å². The second-order valence-corrected chi connectivity index (χ2v) is 9.00. The van der Waals surface area contributed by atoms with E-state index in [0.717, 1.165) is 42.4 Å². The van der Waals surface area contributed by atoms with E-state index in [9.17, 15) is 4.79 Å². The molecule has 0 unspecified atom stereocenters. The maximum Gasteiger partial charge on any atom is 0.265 e. The van der Waals surface area contributed by atoms with Gasteiger partial charge in [-0.15, -0.1) is 11.3 Å². The lowest BCUT2D eigenvalue weighted by Gasteiger charge is -2.38. The third kappa shape index (κ3) is 3.64. The molecule has 5 nitrogen and oxygen atoms in total. The fraction of sp³-hybridized carbons (Fsp3) is 0.429. The molecule has 3 heterocycles. The summed E-state index contributed by atoms with van der Waals surface area (Å²) < 4.78 is 0. The highest BCUT2D eigenvalue weighted by molar-refractivity contribution is 7.13. The largest absolute Gasteiger partial charge is 0.361 e. The number of carbonyl (C=O) groups is 1. The average molecular weight is 383 g/mol. The minimum absolute atomic E-state index is 0.0412. The van der Waals surface area contributed by atoms with Crippen molar-refractivity contribution < 1.29 is 4.79 Å². The van der Waals surface area contributed by atoms with Crippen molar-refractivity contribution in [3.8, 4) is 0 Å². The predicted molar refractivity (Wildman–Crippen MR) is 110 cm³/mol. The Hall–Kier alpha value is -2.18. The van der Waals surface area contributed by atoms with Crippen LogP contribution in [0.1, 0.15) is 40.0 Å². The summed E-state index contributed by atoms with van der Waals surface area (Å²) in [6, 6.07) is 8.77. The minimum Gasteiger partial charge on any atom is -0.361 e. The lowest BCUT2D eigenvalue weighted by atomic mass is 9.81. The van der Waals surface area contributed by atoms with Crippen molar-refractivity contribution in [3.05, 3.63) is 52.1 Å². The molecule has 1 aliphatic heterocycles. The molecule has 0 radical (unpaired) electrons. The van der Waals surface area contributed by atoms with E-state index in [1.165, 1.54) is 16.5 Å². The van der Waals surface area contributed by atoms with Gasteiger partial charge in [-0.1, -0.05) is 19.1 Å². The Morgan fingerprint density at radius 2 is 2.07 bits per heavy atom. The van der Waals surface area contributed by atoms with Crippen LogP contribution in [0.15, 0.2) is 36.7 Å². The van der Waals surface area contributed by atoms with Gasteiger partial charge in [0, 0.05) is 37.8 Å². The Morgan fingerprint density at radius 3 is 2.81 bits per heavy atom. The topological polar surface area (TPSA) is 52.2 Å². The van der Waals surface area contributed by atoms with E-state index in [0.29, 0.717) is 0 Å². The van der Waals surface area contributed by atoms with Gasteiger partial charge in [-0.25, -0.2) is 4.98 Å². The Balaban J connectivity index is 1.41. The first-order valence-corrected chi connectivity index (χ1v) is 10.2. The SMILES string of the molecule is CN(C)C(=O)c1cnc(C2(C)CCN(Cc3ccc4cc[nH]c4c3)CC2)s1. The van der Waals surface area contributed by atoms with E-state index in [1.54, 1.807) is 36.5 Å². The summed E-state index contributed by atoms with van der Waals surface area (Å²) in [6.45, 7) is 5.37. The molecule has 0 bridgehead atoms. The second-order valence-electron chi connectivity index (χ2n) is 7.97. The highest BCUT2D eigenvalue weighted by Crippen LogP contribution is 2.37. The maximum atomic E-state index is 12.2. The van der Waals surface area contributed by atoms with Crippen molar-refractivity contribution in [1.82, 2.24) is 19.8 Å². The quantitative estimate of drug-likeness (QED) is 0.745. The molecular formula is C21H26N4OS. The molecule has 0 spiro atoms. The first kappa shape index (κ1) is 18.2. The van der Waals surface area contributed by atoms with E-state index >= 15 is 0 Å². The fourth-order valence-corrected chi connectivity index (χ4v) is 4.88. The van der Waals surface area contributed by atoms with Gasteiger partial charge >= 0.3 is 0 Å². The zero-order chi connectivity index (χ0) is 19.0. The van der Waals surface area contributed by atoms with Crippen LogP contribution in [0.25, 0.3) is 10.9 Å². The van der Waals surface area contributed by atoms with Gasteiger partial charge in [0.1, 0.15) is 4.88 Å². The van der Waals surface area contributed by atoms with Gasteiger partial charge in [0.15, 0.2) is 0 Å². The summed E-state index contributed by atoms with van der Waals surface area (Å²) in [5, 5.41) is 2.36. The summed E-state index contributed by atoms with van der Waals surface area (Å²) in [4.78, 5) is 24.9. The predicted octanol–water partition coefficient (Wildman–Crippen LogP) is 3.88. The number of hydrogen-bond acceptors (Lipinski definition) is 4. The molecule has 4 rings (SSSR count). The van der Waals surface area contributed by atoms with Crippen LogP contribution in [-0.4, -0.2) is 52.9 Å². The lowest BCUT2D eigenvalue weighted by Crippen LogP contribution is -2.40. The van der Waals surface area contributed by atoms with Crippen molar-refractivity contribution in [2.45, 2.75) is 31.7 Å². The summed E-state index contributed by atoms with van der Waals surface area (Å²) in [5.74, 6) is 0.0412. The maximum absolute atomic E-state index is 12.2. The zero-order valence-electron chi connectivity index (χ0n) is 16.2. The van der Waals surface area contributed by atoms with E-state index in [2.05, 4.69) is 46.1 Å². The third-order valence-corrected chi connectivity index (χ3v) is 6.92. The number of thiazole rings is 1. The van der Waals surface area contributed by atoms with Gasteiger partial charge < -0.3 is 9.88 Å².